The maximum absolute atomic E-state index is 11.9. The predicted molar refractivity (Wildman–Crippen MR) is 92.0 cm³/mol. The number of aromatic hydroxyl groups is 2. The van der Waals surface area contributed by atoms with Crippen LogP contribution in [0, 0.1) is 0 Å². The number of amides is 1. The van der Waals surface area contributed by atoms with Crippen LogP contribution in [0.15, 0.2) is 18.2 Å². The van der Waals surface area contributed by atoms with E-state index in [1.165, 1.54) is 6.07 Å². The van der Waals surface area contributed by atoms with Gasteiger partial charge >= 0.3 is 6.09 Å². The summed E-state index contributed by atoms with van der Waals surface area (Å²) in [7, 11) is 0. The molecule has 0 radical (unpaired) electrons. The molecule has 0 bridgehead atoms. The third-order valence-electron chi connectivity index (χ3n) is 4.24. The zero-order valence-electron chi connectivity index (χ0n) is 14.7. The largest absolute Gasteiger partial charge is 0.504 e. The van der Waals surface area contributed by atoms with E-state index in [2.05, 4.69) is 10.6 Å². The first-order valence-electron chi connectivity index (χ1n) is 8.42. The summed E-state index contributed by atoms with van der Waals surface area (Å²) in [6.07, 6.45) is 3.78. The number of hydrogen-bond acceptors (Lipinski definition) is 5. The zero-order valence-corrected chi connectivity index (χ0v) is 14.7. The van der Waals surface area contributed by atoms with E-state index in [0.717, 1.165) is 31.2 Å². The lowest BCUT2D eigenvalue weighted by atomic mass is 9.97. The number of carbonyl (C=O) groups excluding carboxylic acids is 1. The minimum atomic E-state index is -0.510. The summed E-state index contributed by atoms with van der Waals surface area (Å²) in [4.78, 5) is 11.9. The molecule has 1 aromatic rings. The second kappa shape index (κ2) is 7.30. The molecule has 1 amide bonds. The van der Waals surface area contributed by atoms with Crippen LogP contribution in [0.5, 0.6) is 11.5 Å². The maximum atomic E-state index is 11.9. The average Bonchev–Trinajstić information content (AvgIpc) is 2.94. The molecule has 1 aliphatic rings. The monoisotopic (exact) mass is 336 g/mol. The van der Waals surface area contributed by atoms with E-state index in [0.29, 0.717) is 13.1 Å². The van der Waals surface area contributed by atoms with E-state index in [4.69, 9.17) is 4.74 Å². The van der Waals surface area contributed by atoms with Crippen molar-refractivity contribution in [1.29, 1.82) is 0 Å². The summed E-state index contributed by atoms with van der Waals surface area (Å²) in [6.45, 7) is 6.59. The Bertz CT molecular complexity index is 575. The number of alkyl carbamates (subject to hydrolysis) is 1. The van der Waals surface area contributed by atoms with Crippen LogP contribution in [0.4, 0.5) is 4.79 Å². The predicted octanol–water partition coefficient (Wildman–Crippen LogP) is 3.02. The van der Waals surface area contributed by atoms with E-state index in [-0.39, 0.29) is 17.0 Å². The third kappa shape index (κ3) is 5.30. The summed E-state index contributed by atoms with van der Waals surface area (Å²) < 4.78 is 5.30. The van der Waals surface area contributed by atoms with Gasteiger partial charge in [0, 0.05) is 18.6 Å². The number of rotatable bonds is 5. The fraction of sp³-hybridized carbons (Fsp3) is 0.611. The molecule has 1 aliphatic carbocycles. The Labute approximate surface area is 143 Å². The van der Waals surface area contributed by atoms with Crippen LogP contribution in [0.1, 0.15) is 52.0 Å². The fourth-order valence-corrected chi connectivity index (χ4v) is 2.99. The minimum absolute atomic E-state index is 0.123. The molecule has 0 spiro atoms. The third-order valence-corrected chi connectivity index (χ3v) is 4.24. The van der Waals surface area contributed by atoms with Crippen molar-refractivity contribution in [2.45, 2.75) is 64.1 Å². The molecule has 134 valence electrons. The van der Waals surface area contributed by atoms with Gasteiger partial charge in [0.05, 0.1) is 0 Å². The molecule has 0 saturated heterocycles. The summed E-state index contributed by atoms with van der Waals surface area (Å²) in [5, 5.41) is 25.3. The highest BCUT2D eigenvalue weighted by atomic mass is 16.6. The molecule has 0 atom stereocenters. The standard InChI is InChI=1S/C18H28N2O4/c1-17(2,3)24-16(23)19-12-18(8-4-5-9-18)20-11-13-6-7-14(21)15(22)10-13/h6-7,10,20-22H,4-5,8-9,11-12H2,1-3H3,(H,19,23). The number of hydrogen-bond donors (Lipinski definition) is 4. The van der Waals surface area contributed by atoms with Crippen LogP contribution in [-0.2, 0) is 11.3 Å². The maximum Gasteiger partial charge on any atom is 0.407 e. The first kappa shape index (κ1) is 18.4. The van der Waals surface area contributed by atoms with Gasteiger partial charge in [0.1, 0.15) is 5.60 Å². The van der Waals surface area contributed by atoms with Crippen molar-refractivity contribution in [2.75, 3.05) is 6.54 Å². The Morgan fingerprint density at radius 1 is 1.21 bits per heavy atom. The smallest absolute Gasteiger partial charge is 0.407 e. The summed E-state index contributed by atoms with van der Waals surface area (Å²) >= 11 is 0. The first-order valence-corrected chi connectivity index (χ1v) is 8.42. The van der Waals surface area contributed by atoms with Gasteiger partial charge in [0.2, 0.25) is 0 Å². The topological polar surface area (TPSA) is 90.8 Å². The average molecular weight is 336 g/mol. The van der Waals surface area contributed by atoms with Gasteiger partial charge in [-0.05, 0) is 51.3 Å². The molecule has 6 heteroatoms. The molecule has 6 nitrogen and oxygen atoms in total. The molecule has 1 saturated carbocycles. The van der Waals surface area contributed by atoms with Crippen LogP contribution < -0.4 is 10.6 Å². The van der Waals surface area contributed by atoms with Crippen LogP contribution in [0.25, 0.3) is 0 Å². The lowest BCUT2D eigenvalue weighted by molar-refractivity contribution is 0.0509. The molecule has 1 fully saturated rings. The van der Waals surface area contributed by atoms with Crippen molar-refractivity contribution in [2.24, 2.45) is 0 Å². The van der Waals surface area contributed by atoms with Gasteiger partial charge in [-0.1, -0.05) is 18.9 Å². The Morgan fingerprint density at radius 2 is 1.88 bits per heavy atom. The second-order valence-electron chi connectivity index (χ2n) is 7.52. The van der Waals surface area contributed by atoms with Crippen molar-refractivity contribution in [3.05, 3.63) is 23.8 Å². The zero-order chi connectivity index (χ0) is 17.8. The van der Waals surface area contributed by atoms with Crippen LogP contribution in [0.2, 0.25) is 0 Å². The molecular weight excluding hydrogens is 308 g/mol. The molecule has 24 heavy (non-hydrogen) atoms. The van der Waals surface area contributed by atoms with Crippen molar-refractivity contribution in [1.82, 2.24) is 10.6 Å². The minimum Gasteiger partial charge on any atom is -0.504 e. The normalized spacial score (nSPS) is 16.8. The molecule has 1 aromatic carbocycles. The molecule has 0 aromatic heterocycles. The van der Waals surface area contributed by atoms with Gasteiger partial charge in [-0.25, -0.2) is 4.79 Å². The Morgan fingerprint density at radius 3 is 2.46 bits per heavy atom. The van der Waals surface area contributed by atoms with E-state index < -0.39 is 11.7 Å². The van der Waals surface area contributed by atoms with Gasteiger partial charge in [-0.3, -0.25) is 0 Å². The van der Waals surface area contributed by atoms with Crippen molar-refractivity contribution in [3.8, 4) is 11.5 Å². The quantitative estimate of drug-likeness (QED) is 0.621. The van der Waals surface area contributed by atoms with Crippen molar-refractivity contribution in [3.63, 3.8) is 0 Å². The molecular formula is C18H28N2O4. The Balaban J connectivity index is 1.92. The number of benzene rings is 1. The Hall–Kier alpha value is -1.95. The summed E-state index contributed by atoms with van der Waals surface area (Å²) in [5.41, 5.74) is 0.211. The number of phenols is 2. The number of phenolic OH excluding ortho intramolecular Hbond substituents is 2. The van der Waals surface area contributed by atoms with Crippen LogP contribution in [0.3, 0.4) is 0 Å². The Kier molecular flexibility index (Phi) is 5.59. The highest BCUT2D eigenvalue weighted by Gasteiger charge is 2.34. The van der Waals surface area contributed by atoms with Gasteiger partial charge in [0.15, 0.2) is 11.5 Å². The first-order chi connectivity index (χ1) is 11.2. The van der Waals surface area contributed by atoms with Crippen molar-refractivity contribution < 1.29 is 19.7 Å². The van der Waals surface area contributed by atoms with E-state index in [1.54, 1.807) is 12.1 Å². The number of nitrogens with one attached hydrogen (secondary N) is 2. The molecule has 4 N–H and O–H groups in total. The molecule has 2 rings (SSSR count). The van der Waals surface area contributed by atoms with E-state index in [9.17, 15) is 15.0 Å². The number of ether oxygens (including phenoxy) is 1. The van der Waals surface area contributed by atoms with Gasteiger partial charge in [-0.2, -0.15) is 0 Å². The number of carbonyl (C=O) groups is 1. The summed E-state index contributed by atoms with van der Waals surface area (Å²) in [6, 6.07) is 4.80. The van der Waals surface area contributed by atoms with Crippen LogP contribution >= 0.6 is 0 Å². The van der Waals surface area contributed by atoms with Crippen LogP contribution in [-0.4, -0.2) is 34.0 Å². The van der Waals surface area contributed by atoms with E-state index >= 15 is 0 Å². The van der Waals surface area contributed by atoms with E-state index in [1.807, 2.05) is 20.8 Å². The molecule has 0 unspecified atom stereocenters. The van der Waals surface area contributed by atoms with Gasteiger partial charge in [-0.15, -0.1) is 0 Å². The highest BCUT2D eigenvalue weighted by Crippen LogP contribution is 2.30. The molecule has 0 aliphatic heterocycles. The molecule has 0 heterocycles. The highest BCUT2D eigenvalue weighted by molar-refractivity contribution is 5.67. The lowest BCUT2D eigenvalue weighted by Crippen LogP contribution is -2.52. The van der Waals surface area contributed by atoms with Crippen molar-refractivity contribution >= 4 is 6.09 Å². The SMILES string of the molecule is CC(C)(C)OC(=O)NCC1(NCc2ccc(O)c(O)c2)CCCC1. The summed E-state index contributed by atoms with van der Waals surface area (Å²) in [5.74, 6) is -0.248. The lowest BCUT2D eigenvalue weighted by Gasteiger charge is -2.31. The second-order valence-corrected chi connectivity index (χ2v) is 7.52. The van der Waals surface area contributed by atoms with Gasteiger partial charge in [0.25, 0.3) is 0 Å². The van der Waals surface area contributed by atoms with Gasteiger partial charge < -0.3 is 25.6 Å². The fourth-order valence-electron chi connectivity index (χ4n) is 2.99.